The zero-order valence-electron chi connectivity index (χ0n) is 18.5. The fourth-order valence-corrected chi connectivity index (χ4v) is 5.45. The van der Waals surface area contributed by atoms with Crippen LogP contribution in [0.4, 0.5) is 0 Å². The molecule has 0 saturated carbocycles. The molecule has 0 amide bonds. The van der Waals surface area contributed by atoms with Gasteiger partial charge in [0.25, 0.3) is 0 Å². The van der Waals surface area contributed by atoms with Crippen molar-refractivity contribution in [1.29, 1.82) is 0 Å². The zero-order valence-corrected chi connectivity index (χ0v) is 20.1. The van der Waals surface area contributed by atoms with E-state index in [4.69, 9.17) is 24.1 Å². The number of thiophene rings is 2. The highest BCUT2D eigenvalue weighted by Crippen LogP contribution is 2.58. The Hall–Kier alpha value is -2.29. The number of ether oxygens (including phenoxy) is 4. The van der Waals surface area contributed by atoms with Gasteiger partial charge < -0.3 is 24.1 Å². The highest BCUT2D eigenvalue weighted by molar-refractivity contribution is 7.24. The van der Waals surface area contributed by atoms with Crippen LogP contribution in [-0.4, -0.2) is 38.1 Å². The molecule has 0 aliphatic carbocycles. The van der Waals surface area contributed by atoms with Crippen molar-refractivity contribution in [3.63, 3.8) is 0 Å². The summed E-state index contributed by atoms with van der Waals surface area (Å²) in [5.74, 6) is 3.17. The first-order chi connectivity index (χ1) is 15.3. The highest BCUT2D eigenvalue weighted by Gasteiger charge is 2.30. The molecule has 8 heteroatoms. The summed E-state index contributed by atoms with van der Waals surface area (Å²) in [7, 11) is 0. The Morgan fingerprint density at radius 2 is 1.39 bits per heavy atom. The lowest BCUT2D eigenvalue weighted by atomic mass is 10.2. The quantitative estimate of drug-likeness (QED) is 0.550. The minimum absolute atomic E-state index is 0.116. The summed E-state index contributed by atoms with van der Waals surface area (Å²) in [4.78, 5) is 3.08. The van der Waals surface area contributed by atoms with Gasteiger partial charge in [0.1, 0.15) is 33.0 Å². The van der Waals surface area contributed by atoms with Crippen molar-refractivity contribution in [2.75, 3.05) is 33.0 Å². The van der Waals surface area contributed by atoms with E-state index in [1.807, 2.05) is 62.2 Å². The van der Waals surface area contributed by atoms with Crippen molar-refractivity contribution in [3.05, 3.63) is 29.9 Å². The SMILES string of the molecule is CC.CC.OCC[n+]1ccc(-c2sc(-c3scc4c3OCCO4)c3c2OCCO3)cc1. The Labute approximate surface area is 191 Å². The van der Waals surface area contributed by atoms with Gasteiger partial charge in [-0.2, -0.15) is 0 Å². The molecule has 1 N–H and O–H groups in total. The number of fused-ring (bicyclic) bond motifs is 2. The van der Waals surface area contributed by atoms with Crippen molar-refractivity contribution in [3.8, 4) is 43.2 Å². The number of aliphatic hydroxyl groups is 1. The second-order valence-corrected chi connectivity index (χ2v) is 8.02. The molecule has 0 unspecified atom stereocenters. The first kappa shape index (κ1) is 23.4. The third-order valence-electron chi connectivity index (χ3n) is 4.42. The predicted molar refractivity (Wildman–Crippen MR) is 125 cm³/mol. The van der Waals surface area contributed by atoms with Gasteiger partial charge in [-0.25, -0.2) is 4.57 Å². The second kappa shape index (κ2) is 11.4. The molecule has 3 aromatic rings. The normalized spacial score (nSPS) is 13.5. The minimum Gasteiger partial charge on any atom is -0.485 e. The number of nitrogens with zero attached hydrogens (tertiary/aromatic N) is 1. The maximum Gasteiger partial charge on any atom is 0.181 e. The Morgan fingerprint density at radius 3 is 2.03 bits per heavy atom. The maximum atomic E-state index is 9.09. The number of pyridine rings is 1. The summed E-state index contributed by atoms with van der Waals surface area (Å²) in [5.41, 5.74) is 1.06. The van der Waals surface area contributed by atoms with Gasteiger partial charge in [-0.3, -0.25) is 0 Å². The lowest BCUT2D eigenvalue weighted by molar-refractivity contribution is -0.698. The third-order valence-corrected chi connectivity index (χ3v) is 6.72. The Morgan fingerprint density at radius 1 is 0.806 bits per heavy atom. The summed E-state index contributed by atoms with van der Waals surface area (Å²) in [6, 6.07) is 4.07. The summed E-state index contributed by atoms with van der Waals surface area (Å²) in [5, 5.41) is 11.1. The average Bonchev–Trinajstić information content (AvgIpc) is 3.44. The maximum absolute atomic E-state index is 9.09. The predicted octanol–water partition coefficient (Wildman–Crippen LogP) is 5.02. The summed E-state index contributed by atoms with van der Waals surface area (Å²) in [6.45, 7) is 10.9. The molecule has 168 valence electrons. The Balaban J connectivity index is 0.000000645. The first-order valence-electron chi connectivity index (χ1n) is 10.8. The second-order valence-electron chi connectivity index (χ2n) is 6.12. The van der Waals surface area contributed by atoms with E-state index in [1.165, 1.54) is 0 Å². The fourth-order valence-electron chi connectivity index (χ4n) is 3.18. The van der Waals surface area contributed by atoms with Gasteiger partial charge in [-0.1, -0.05) is 27.7 Å². The van der Waals surface area contributed by atoms with Crippen molar-refractivity contribution in [2.24, 2.45) is 0 Å². The third kappa shape index (κ3) is 4.81. The van der Waals surface area contributed by atoms with Crippen molar-refractivity contribution < 1.29 is 28.6 Å². The van der Waals surface area contributed by atoms with E-state index >= 15 is 0 Å². The van der Waals surface area contributed by atoms with E-state index in [9.17, 15) is 0 Å². The molecule has 0 bridgehead atoms. The van der Waals surface area contributed by atoms with Crippen LogP contribution in [0.3, 0.4) is 0 Å². The Bertz CT molecular complexity index is 965. The van der Waals surface area contributed by atoms with Crippen LogP contribution in [0.1, 0.15) is 27.7 Å². The molecule has 0 aromatic carbocycles. The van der Waals surface area contributed by atoms with Crippen molar-refractivity contribution >= 4 is 22.7 Å². The van der Waals surface area contributed by atoms with Gasteiger partial charge in [0, 0.05) is 23.1 Å². The van der Waals surface area contributed by atoms with Gasteiger partial charge in [0.05, 0.1) is 14.6 Å². The van der Waals surface area contributed by atoms with Crippen LogP contribution in [0, 0.1) is 0 Å². The number of hydrogen-bond donors (Lipinski definition) is 1. The molecule has 0 saturated heterocycles. The van der Waals surface area contributed by atoms with Gasteiger partial charge in [-0.05, 0) is 0 Å². The number of aromatic nitrogens is 1. The van der Waals surface area contributed by atoms with Gasteiger partial charge in [-0.15, -0.1) is 22.7 Å². The molecule has 2 aliphatic heterocycles. The monoisotopic (exact) mass is 464 g/mol. The fraction of sp³-hybridized carbons (Fsp3) is 0.435. The molecule has 5 rings (SSSR count). The smallest absolute Gasteiger partial charge is 0.181 e. The van der Waals surface area contributed by atoms with Gasteiger partial charge in [0.2, 0.25) is 0 Å². The average molecular weight is 465 g/mol. The van der Waals surface area contributed by atoms with E-state index < -0.39 is 0 Å². The van der Waals surface area contributed by atoms with Crippen LogP contribution in [0.2, 0.25) is 0 Å². The van der Waals surface area contributed by atoms with Crippen LogP contribution in [-0.2, 0) is 6.54 Å². The molecule has 6 nitrogen and oxygen atoms in total. The van der Waals surface area contributed by atoms with E-state index in [0.717, 1.165) is 43.2 Å². The van der Waals surface area contributed by atoms with Crippen LogP contribution < -0.4 is 23.5 Å². The van der Waals surface area contributed by atoms with Crippen molar-refractivity contribution in [1.82, 2.24) is 0 Å². The topological polar surface area (TPSA) is 61.0 Å². The number of hydrogen-bond acceptors (Lipinski definition) is 7. The summed E-state index contributed by atoms with van der Waals surface area (Å²) < 4.78 is 25.5. The van der Waals surface area contributed by atoms with Gasteiger partial charge in [0.15, 0.2) is 41.9 Å². The van der Waals surface area contributed by atoms with Crippen LogP contribution in [0.25, 0.3) is 20.2 Å². The molecule has 2 aliphatic rings. The molecule has 0 radical (unpaired) electrons. The van der Waals surface area contributed by atoms with E-state index in [-0.39, 0.29) is 6.61 Å². The molecular formula is C23H30NO5S2+. The zero-order chi connectivity index (χ0) is 22.2. The molecule has 0 fully saturated rings. The van der Waals surface area contributed by atoms with Crippen LogP contribution in [0.5, 0.6) is 23.0 Å². The minimum atomic E-state index is 0.116. The molecule has 31 heavy (non-hydrogen) atoms. The standard InChI is InChI=1S/C19H18NO5S2.2C2H6/c21-6-5-20-3-1-12(2-4-20)17-15-16(25-10-9-24-15)19(27-17)18-14-13(11-26-18)22-7-8-23-14;2*1-2/h1-4,11,21H,5-10H2;2*1-2H3/q+1;;. The van der Waals surface area contributed by atoms with E-state index in [1.54, 1.807) is 22.7 Å². The number of rotatable bonds is 4. The molecule has 5 heterocycles. The van der Waals surface area contributed by atoms with Gasteiger partial charge >= 0.3 is 0 Å². The first-order valence-corrected chi connectivity index (χ1v) is 12.4. The molecule has 0 atom stereocenters. The molecule has 0 spiro atoms. The molecular weight excluding hydrogens is 434 g/mol. The number of aliphatic hydroxyl groups excluding tert-OH is 1. The lowest BCUT2D eigenvalue weighted by Crippen LogP contribution is -2.34. The Kier molecular flexibility index (Phi) is 8.57. The largest absolute Gasteiger partial charge is 0.485 e. The summed E-state index contributed by atoms with van der Waals surface area (Å²) in [6.07, 6.45) is 3.93. The summed E-state index contributed by atoms with van der Waals surface area (Å²) >= 11 is 3.25. The van der Waals surface area contributed by atoms with E-state index in [0.29, 0.717) is 33.0 Å². The van der Waals surface area contributed by atoms with E-state index in [2.05, 4.69) is 0 Å². The molecule has 3 aromatic heterocycles. The van der Waals surface area contributed by atoms with Crippen LogP contribution in [0.15, 0.2) is 29.9 Å². The highest BCUT2D eigenvalue weighted by atomic mass is 32.1. The lowest BCUT2D eigenvalue weighted by Gasteiger charge is -2.18. The van der Waals surface area contributed by atoms with Crippen molar-refractivity contribution in [2.45, 2.75) is 34.2 Å². The van der Waals surface area contributed by atoms with Crippen LogP contribution >= 0.6 is 22.7 Å².